The molecule has 78 valence electrons. The van der Waals surface area contributed by atoms with Crippen LogP contribution in [0.25, 0.3) is 10.9 Å². The number of aromatic nitrogens is 1. The zero-order valence-electron chi connectivity index (χ0n) is 8.43. The fourth-order valence-corrected chi connectivity index (χ4v) is 1.63. The van der Waals surface area contributed by atoms with Crippen LogP contribution in [0.15, 0.2) is 36.5 Å². The van der Waals surface area contributed by atoms with Gasteiger partial charge in [0.2, 0.25) is 0 Å². The second-order valence-corrected chi connectivity index (χ2v) is 3.57. The van der Waals surface area contributed by atoms with Gasteiger partial charge in [-0.15, -0.1) is 0 Å². The highest BCUT2D eigenvalue weighted by Crippen LogP contribution is 2.19. The number of nitrogens with two attached hydrogens (primary N) is 1. The molecule has 1 aromatic heterocycles. The molecule has 0 saturated carbocycles. The van der Waals surface area contributed by atoms with E-state index in [1.165, 1.54) is 0 Å². The highest BCUT2D eigenvalue weighted by molar-refractivity contribution is 5.79. The third kappa shape index (κ3) is 2.14. The third-order valence-corrected chi connectivity index (χ3v) is 2.50. The van der Waals surface area contributed by atoms with E-state index in [1.54, 1.807) is 6.20 Å². The molecule has 15 heavy (non-hydrogen) atoms. The predicted molar refractivity (Wildman–Crippen MR) is 60.4 cm³/mol. The summed E-state index contributed by atoms with van der Waals surface area (Å²) in [6.07, 6.45) is 2.36. The van der Waals surface area contributed by atoms with Gasteiger partial charge in [0.15, 0.2) is 0 Å². The van der Waals surface area contributed by atoms with Crippen LogP contribution in [0.2, 0.25) is 0 Å². The van der Waals surface area contributed by atoms with Gasteiger partial charge in [0, 0.05) is 24.2 Å². The predicted octanol–water partition coefficient (Wildman–Crippen LogP) is 1.62. The van der Waals surface area contributed by atoms with Gasteiger partial charge < -0.3 is 10.8 Å². The lowest BCUT2D eigenvalue weighted by atomic mass is 10.0. The Hall–Kier alpha value is -1.45. The van der Waals surface area contributed by atoms with Gasteiger partial charge in [0.05, 0.1) is 5.52 Å². The molecule has 3 heteroatoms. The molecule has 1 atom stereocenters. The Balaban J connectivity index is 2.38. The van der Waals surface area contributed by atoms with Crippen molar-refractivity contribution < 1.29 is 5.11 Å². The van der Waals surface area contributed by atoms with E-state index in [2.05, 4.69) is 4.98 Å². The van der Waals surface area contributed by atoms with E-state index in [0.717, 1.165) is 16.5 Å². The largest absolute Gasteiger partial charge is 0.396 e. The standard InChI is InChI=1S/C12H14N2O/c13-11(5-7-15)9-3-4-12-10(8-9)2-1-6-14-12/h1-4,6,8,11,15H,5,7,13H2. The summed E-state index contributed by atoms with van der Waals surface area (Å²) in [5.41, 5.74) is 7.93. The van der Waals surface area contributed by atoms with E-state index in [0.29, 0.717) is 6.42 Å². The van der Waals surface area contributed by atoms with Gasteiger partial charge >= 0.3 is 0 Å². The van der Waals surface area contributed by atoms with Crippen molar-refractivity contribution in [1.29, 1.82) is 0 Å². The Morgan fingerprint density at radius 1 is 1.33 bits per heavy atom. The highest BCUT2D eigenvalue weighted by atomic mass is 16.3. The normalized spacial score (nSPS) is 12.9. The maximum Gasteiger partial charge on any atom is 0.0702 e. The summed E-state index contributed by atoms with van der Waals surface area (Å²) in [5, 5.41) is 9.91. The molecular formula is C12H14N2O. The van der Waals surface area contributed by atoms with Crippen molar-refractivity contribution in [3.63, 3.8) is 0 Å². The number of aliphatic hydroxyl groups excluding tert-OH is 1. The molecule has 0 saturated heterocycles. The van der Waals surface area contributed by atoms with Gasteiger partial charge in [-0.3, -0.25) is 4.98 Å². The molecule has 0 aliphatic carbocycles. The van der Waals surface area contributed by atoms with Crippen LogP contribution in [0.5, 0.6) is 0 Å². The summed E-state index contributed by atoms with van der Waals surface area (Å²) in [5.74, 6) is 0. The van der Waals surface area contributed by atoms with Gasteiger partial charge in [0.25, 0.3) is 0 Å². The van der Waals surface area contributed by atoms with Crippen LogP contribution < -0.4 is 5.73 Å². The second-order valence-electron chi connectivity index (χ2n) is 3.57. The van der Waals surface area contributed by atoms with Crippen LogP contribution >= 0.6 is 0 Å². The van der Waals surface area contributed by atoms with E-state index in [1.807, 2.05) is 30.3 Å². The minimum Gasteiger partial charge on any atom is -0.396 e. The van der Waals surface area contributed by atoms with Crippen molar-refractivity contribution >= 4 is 10.9 Å². The van der Waals surface area contributed by atoms with Gasteiger partial charge in [-0.2, -0.15) is 0 Å². The Labute approximate surface area is 88.6 Å². The van der Waals surface area contributed by atoms with Gasteiger partial charge in [-0.25, -0.2) is 0 Å². The quantitative estimate of drug-likeness (QED) is 0.795. The van der Waals surface area contributed by atoms with Gasteiger partial charge in [-0.05, 0) is 30.2 Å². The lowest BCUT2D eigenvalue weighted by Gasteiger charge is -2.10. The fourth-order valence-electron chi connectivity index (χ4n) is 1.63. The maximum atomic E-state index is 8.82. The topological polar surface area (TPSA) is 59.1 Å². The van der Waals surface area contributed by atoms with Crippen LogP contribution in [0.1, 0.15) is 18.0 Å². The highest BCUT2D eigenvalue weighted by Gasteiger charge is 2.05. The summed E-state index contributed by atoms with van der Waals surface area (Å²) < 4.78 is 0. The molecule has 3 N–H and O–H groups in total. The first kappa shape index (κ1) is 10.1. The molecule has 0 radical (unpaired) electrons. The van der Waals surface area contributed by atoms with E-state index in [-0.39, 0.29) is 12.6 Å². The van der Waals surface area contributed by atoms with E-state index in [4.69, 9.17) is 10.8 Å². The first-order chi connectivity index (χ1) is 7.31. The maximum absolute atomic E-state index is 8.82. The smallest absolute Gasteiger partial charge is 0.0702 e. The Kier molecular flexibility index (Phi) is 2.94. The molecule has 3 nitrogen and oxygen atoms in total. The van der Waals surface area contributed by atoms with Crippen molar-refractivity contribution in [2.24, 2.45) is 5.73 Å². The van der Waals surface area contributed by atoms with Crippen LogP contribution in [0.4, 0.5) is 0 Å². The van der Waals surface area contributed by atoms with Crippen molar-refractivity contribution in [1.82, 2.24) is 4.98 Å². The zero-order chi connectivity index (χ0) is 10.7. The fraction of sp³-hybridized carbons (Fsp3) is 0.250. The SMILES string of the molecule is NC(CCO)c1ccc2ncccc2c1. The lowest BCUT2D eigenvalue weighted by Crippen LogP contribution is -2.11. The molecule has 2 rings (SSSR count). The second kappa shape index (κ2) is 4.38. The van der Waals surface area contributed by atoms with E-state index >= 15 is 0 Å². The molecule has 0 fully saturated rings. The summed E-state index contributed by atoms with van der Waals surface area (Å²) in [4.78, 5) is 4.24. The molecule has 0 spiro atoms. The Bertz CT molecular complexity index is 456. The third-order valence-electron chi connectivity index (χ3n) is 2.50. The molecule has 0 aliphatic heterocycles. The molecule has 0 bridgehead atoms. The Morgan fingerprint density at radius 3 is 3.00 bits per heavy atom. The first-order valence-corrected chi connectivity index (χ1v) is 5.02. The zero-order valence-corrected chi connectivity index (χ0v) is 8.43. The number of nitrogens with zero attached hydrogens (tertiary/aromatic N) is 1. The first-order valence-electron chi connectivity index (χ1n) is 5.02. The van der Waals surface area contributed by atoms with Crippen molar-refractivity contribution in [3.8, 4) is 0 Å². The summed E-state index contributed by atoms with van der Waals surface area (Å²) in [7, 11) is 0. The number of rotatable bonds is 3. The van der Waals surface area contributed by atoms with E-state index in [9.17, 15) is 0 Å². The van der Waals surface area contributed by atoms with Crippen molar-refractivity contribution in [2.75, 3.05) is 6.61 Å². The molecule has 1 heterocycles. The van der Waals surface area contributed by atoms with Crippen LogP contribution in [-0.4, -0.2) is 16.7 Å². The molecular weight excluding hydrogens is 188 g/mol. The van der Waals surface area contributed by atoms with E-state index < -0.39 is 0 Å². The number of aliphatic hydroxyl groups is 1. The molecule has 1 unspecified atom stereocenters. The minimum absolute atomic E-state index is 0.0976. The number of hydrogen-bond acceptors (Lipinski definition) is 3. The monoisotopic (exact) mass is 202 g/mol. The molecule has 2 aromatic rings. The number of fused-ring (bicyclic) bond motifs is 1. The summed E-state index contributed by atoms with van der Waals surface area (Å²) >= 11 is 0. The van der Waals surface area contributed by atoms with Crippen molar-refractivity contribution in [3.05, 3.63) is 42.1 Å². The number of hydrogen-bond donors (Lipinski definition) is 2. The molecule has 0 amide bonds. The number of benzene rings is 1. The average Bonchev–Trinajstić information content (AvgIpc) is 2.29. The molecule has 0 aliphatic rings. The summed E-state index contributed by atoms with van der Waals surface area (Å²) in [6.45, 7) is 0.117. The average molecular weight is 202 g/mol. The summed E-state index contributed by atoms with van der Waals surface area (Å²) in [6, 6.07) is 9.78. The van der Waals surface area contributed by atoms with Crippen molar-refractivity contribution in [2.45, 2.75) is 12.5 Å². The molecule has 1 aromatic carbocycles. The number of pyridine rings is 1. The van der Waals surface area contributed by atoms with Gasteiger partial charge in [-0.1, -0.05) is 12.1 Å². The van der Waals surface area contributed by atoms with Crippen LogP contribution in [0, 0.1) is 0 Å². The Morgan fingerprint density at radius 2 is 2.20 bits per heavy atom. The van der Waals surface area contributed by atoms with Gasteiger partial charge in [0.1, 0.15) is 0 Å². The minimum atomic E-state index is -0.0976. The van der Waals surface area contributed by atoms with Crippen LogP contribution in [-0.2, 0) is 0 Å². The van der Waals surface area contributed by atoms with Crippen LogP contribution in [0.3, 0.4) is 0 Å². The lowest BCUT2D eigenvalue weighted by molar-refractivity contribution is 0.276.